The Hall–Kier alpha value is -0.380. The zero-order valence-corrected chi connectivity index (χ0v) is 14.9. The molecule has 2 aliphatic rings. The molecular weight excluding hydrogens is 328 g/mol. The summed E-state index contributed by atoms with van der Waals surface area (Å²) in [5.41, 5.74) is 2.31. The first kappa shape index (κ1) is 15.5. The van der Waals surface area contributed by atoms with Gasteiger partial charge in [0.25, 0.3) is 0 Å². The van der Waals surface area contributed by atoms with Gasteiger partial charge in [-0.15, -0.1) is 0 Å². The Morgan fingerprint density at radius 3 is 2.76 bits per heavy atom. The van der Waals surface area contributed by atoms with Gasteiger partial charge in [-0.3, -0.25) is 0 Å². The van der Waals surface area contributed by atoms with E-state index in [2.05, 4.69) is 67.9 Å². The molecular formula is C18H25BrO2. The van der Waals surface area contributed by atoms with Crippen LogP contribution >= 0.6 is 15.9 Å². The summed E-state index contributed by atoms with van der Waals surface area (Å²) in [4.78, 5) is 0.439. The Bertz CT molecular complexity index is 530. The first-order valence-corrected chi connectivity index (χ1v) is 8.79. The van der Waals surface area contributed by atoms with Crippen LogP contribution in [-0.2, 0) is 16.1 Å². The second kappa shape index (κ2) is 5.36. The van der Waals surface area contributed by atoms with E-state index in [1.807, 2.05) is 0 Å². The molecule has 2 bridgehead atoms. The maximum atomic E-state index is 6.47. The number of halogens is 1. The average Bonchev–Trinajstić information content (AvgIpc) is 2.84. The zero-order valence-electron chi connectivity index (χ0n) is 13.4. The molecule has 0 radical (unpaired) electrons. The number of aryl methyl sites for hydroxylation is 1. The molecule has 2 heterocycles. The van der Waals surface area contributed by atoms with Gasteiger partial charge in [-0.2, -0.15) is 0 Å². The second-order valence-electron chi connectivity index (χ2n) is 7.19. The van der Waals surface area contributed by atoms with Crippen molar-refractivity contribution in [1.29, 1.82) is 0 Å². The monoisotopic (exact) mass is 352 g/mol. The largest absolute Gasteiger partial charge is 0.370 e. The Kier molecular flexibility index (Phi) is 3.96. The number of hydrogen-bond acceptors (Lipinski definition) is 2. The van der Waals surface area contributed by atoms with Crippen molar-refractivity contribution in [2.75, 3.05) is 0 Å². The normalized spacial score (nSPS) is 38.4. The molecule has 21 heavy (non-hydrogen) atoms. The third-order valence-corrected chi connectivity index (χ3v) is 6.33. The predicted octanol–water partition coefficient (Wildman–Crippen LogP) is 4.62. The second-order valence-corrected chi connectivity index (χ2v) is 8.29. The molecule has 1 aromatic rings. The Morgan fingerprint density at radius 1 is 1.38 bits per heavy atom. The molecule has 0 amide bonds. The minimum atomic E-state index is -0.151. The van der Waals surface area contributed by atoms with E-state index in [4.69, 9.17) is 9.47 Å². The fraction of sp³-hybridized carbons (Fsp3) is 0.667. The molecule has 116 valence electrons. The standard InChI is InChI=1S/C18H25BrO2/c1-12(2)18-10-16(17(4,21-18)9-15(18)19)20-11-14-7-5-6-13(3)8-14/h5-8,12,15-16H,9-11H2,1-4H3/t15-,16+,17-,18+/m0/s1. The third-order valence-electron chi connectivity index (χ3n) is 5.23. The maximum Gasteiger partial charge on any atom is 0.0936 e. The van der Waals surface area contributed by atoms with Crippen molar-refractivity contribution < 1.29 is 9.47 Å². The van der Waals surface area contributed by atoms with Gasteiger partial charge in [-0.25, -0.2) is 0 Å². The highest BCUT2D eigenvalue weighted by molar-refractivity contribution is 9.09. The summed E-state index contributed by atoms with van der Waals surface area (Å²) >= 11 is 3.84. The smallest absolute Gasteiger partial charge is 0.0936 e. The van der Waals surface area contributed by atoms with Gasteiger partial charge in [0.1, 0.15) is 0 Å². The minimum absolute atomic E-state index is 0.0635. The van der Waals surface area contributed by atoms with E-state index in [0.29, 0.717) is 17.4 Å². The summed E-state index contributed by atoms with van der Waals surface area (Å²) < 4.78 is 12.7. The molecule has 2 fully saturated rings. The molecule has 0 saturated carbocycles. The number of fused-ring (bicyclic) bond motifs is 2. The summed E-state index contributed by atoms with van der Waals surface area (Å²) in [6.07, 6.45) is 2.21. The Balaban J connectivity index is 1.71. The summed E-state index contributed by atoms with van der Waals surface area (Å²) in [7, 11) is 0. The summed E-state index contributed by atoms with van der Waals surface area (Å²) in [5.74, 6) is 0.497. The van der Waals surface area contributed by atoms with Crippen molar-refractivity contribution in [1.82, 2.24) is 0 Å². The van der Waals surface area contributed by atoms with E-state index in [0.717, 1.165) is 12.8 Å². The zero-order chi connectivity index (χ0) is 15.3. The van der Waals surface area contributed by atoms with Crippen molar-refractivity contribution in [3.8, 4) is 0 Å². The highest BCUT2D eigenvalue weighted by atomic mass is 79.9. The van der Waals surface area contributed by atoms with Crippen molar-refractivity contribution in [3.63, 3.8) is 0 Å². The van der Waals surface area contributed by atoms with E-state index in [1.54, 1.807) is 0 Å². The minimum Gasteiger partial charge on any atom is -0.370 e. The van der Waals surface area contributed by atoms with Gasteiger partial charge in [0.05, 0.1) is 23.9 Å². The quantitative estimate of drug-likeness (QED) is 0.736. The van der Waals surface area contributed by atoms with Crippen LogP contribution in [0.5, 0.6) is 0 Å². The number of alkyl halides is 1. The number of ether oxygens (including phenoxy) is 2. The van der Waals surface area contributed by atoms with Crippen LogP contribution in [0.3, 0.4) is 0 Å². The molecule has 1 aromatic carbocycles. The summed E-state index contributed by atoms with van der Waals surface area (Å²) in [6, 6.07) is 8.54. The van der Waals surface area contributed by atoms with Crippen molar-refractivity contribution in [2.24, 2.45) is 5.92 Å². The number of hydrogen-bond donors (Lipinski definition) is 0. The highest BCUT2D eigenvalue weighted by Crippen LogP contribution is 2.57. The van der Waals surface area contributed by atoms with Crippen LogP contribution in [0.25, 0.3) is 0 Å². The fourth-order valence-electron chi connectivity index (χ4n) is 3.89. The van der Waals surface area contributed by atoms with Crippen LogP contribution < -0.4 is 0 Å². The highest BCUT2D eigenvalue weighted by Gasteiger charge is 2.65. The van der Waals surface area contributed by atoms with Gasteiger partial charge >= 0.3 is 0 Å². The molecule has 2 nitrogen and oxygen atoms in total. The van der Waals surface area contributed by atoms with E-state index >= 15 is 0 Å². The third kappa shape index (κ3) is 2.58. The SMILES string of the molecule is Cc1cccc(CO[C@@H]2C[C@]3(C(C)C)O[C@@]2(C)C[C@@H]3Br)c1. The average molecular weight is 353 g/mol. The van der Waals surface area contributed by atoms with Gasteiger partial charge in [-0.1, -0.05) is 59.6 Å². The summed E-state index contributed by atoms with van der Waals surface area (Å²) in [5, 5.41) is 0. The van der Waals surface area contributed by atoms with Gasteiger partial charge in [0.2, 0.25) is 0 Å². The Morgan fingerprint density at radius 2 is 2.14 bits per heavy atom. The molecule has 0 aliphatic carbocycles. The number of benzene rings is 1. The fourth-order valence-corrected chi connectivity index (χ4v) is 5.34. The topological polar surface area (TPSA) is 18.5 Å². The first-order chi connectivity index (χ1) is 9.86. The summed E-state index contributed by atoms with van der Waals surface area (Å²) in [6.45, 7) is 9.51. The molecule has 3 rings (SSSR count). The molecule has 3 heteroatoms. The van der Waals surface area contributed by atoms with Crippen molar-refractivity contribution in [2.45, 2.75) is 69.3 Å². The molecule has 0 unspecified atom stereocenters. The molecule has 2 aliphatic heterocycles. The molecule has 2 saturated heterocycles. The van der Waals surface area contributed by atoms with E-state index in [-0.39, 0.29) is 17.3 Å². The molecule has 4 atom stereocenters. The van der Waals surface area contributed by atoms with Crippen molar-refractivity contribution >= 4 is 15.9 Å². The lowest BCUT2D eigenvalue weighted by Crippen LogP contribution is -2.44. The van der Waals surface area contributed by atoms with Gasteiger partial charge in [0.15, 0.2) is 0 Å². The van der Waals surface area contributed by atoms with E-state index in [1.165, 1.54) is 11.1 Å². The maximum absolute atomic E-state index is 6.47. The molecule has 0 spiro atoms. The lowest BCUT2D eigenvalue weighted by atomic mass is 9.75. The Labute approximate surface area is 136 Å². The van der Waals surface area contributed by atoms with Crippen LogP contribution in [0.15, 0.2) is 24.3 Å². The number of rotatable bonds is 4. The van der Waals surface area contributed by atoms with Crippen LogP contribution in [0, 0.1) is 12.8 Å². The molecule has 0 aromatic heterocycles. The molecule has 0 N–H and O–H groups in total. The predicted molar refractivity (Wildman–Crippen MR) is 88.8 cm³/mol. The van der Waals surface area contributed by atoms with Gasteiger partial charge in [0, 0.05) is 11.2 Å². The first-order valence-electron chi connectivity index (χ1n) is 7.87. The van der Waals surface area contributed by atoms with Crippen LogP contribution in [0.2, 0.25) is 0 Å². The van der Waals surface area contributed by atoms with E-state index < -0.39 is 0 Å². The van der Waals surface area contributed by atoms with Gasteiger partial charge < -0.3 is 9.47 Å². The van der Waals surface area contributed by atoms with Gasteiger partial charge in [-0.05, 0) is 31.7 Å². The van der Waals surface area contributed by atoms with E-state index in [9.17, 15) is 0 Å². The van der Waals surface area contributed by atoms with Crippen molar-refractivity contribution in [3.05, 3.63) is 35.4 Å². The lowest BCUT2D eigenvalue weighted by molar-refractivity contribution is -0.0955. The van der Waals surface area contributed by atoms with Crippen LogP contribution in [-0.4, -0.2) is 22.1 Å². The lowest BCUT2D eigenvalue weighted by Gasteiger charge is -2.35. The van der Waals surface area contributed by atoms with Crippen LogP contribution in [0.4, 0.5) is 0 Å². The van der Waals surface area contributed by atoms with Crippen LogP contribution in [0.1, 0.15) is 44.7 Å².